The fourth-order valence-electron chi connectivity index (χ4n) is 2.33. The normalized spacial score (nSPS) is 13.9. The summed E-state index contributed by atoms with van der Waals surface area (Å²) in [6, 6.07) is 6.20. The number of fused-ring (bicyclic) bond motifs is 1. The summed E-state index contributed by atoms with van der Waals surface area (Å²) in [5.41, 5.74) is 5.58. The van der Waals surface area contributed by atoms with Gasteiger partial charge in [0, 0.05) is 12.0 Å². The van der Waals surface area contributed by atoms with Crippen LogP contribution >= 0.6 is 0 Å². The van der Waals surface area contributed by atoms with E-state index in [1.807, 2.05) is 19.9 Å². The van der Waals surface area contributed by atoms with E-state index < -0.39 is 0 Å². The predicted molar refractivity (Wildman–Crippen MR) is 64.1 cm³/mol. The van der Waals surface area contributed by atoms with Gasteiger partial charge in [-0.15, -0.1) is 0 Å². The highest BCUT2D eigenvalue weighted by Crippen LogP contribution is 2.35. The molecule has 1 aliphatic carbocycles. The molecule has 0 unspecified atom stereocenters. The van der Waals surface area contributed by atoms with Crippen LogP contribution in [-0.2, 0) is 16.0 Å². The molecule has 2 heteroatoms. The van der Waals surface area contributed by atoms with E-state index >= 15 is 0 Å². The average molecular weight is 216 g/mol. The monoisotopic (exact) mass is 216 g/mol. The molecule has 0 aromatic heterocycles. The standard InChI is InChI=1S/C14H16O2/c1-4-16-14(15)12-8-11-7-5-6-9(2)13(11)10(12)3/h5-7H,4,8H2,1-3H3. The minimum atomic E-state index is -0.171. The molecule has 0 aliphatic heterocycles. The SMILES string of the molecule is CCOC(=O)C1=C(C)c2c(C)cccc2C1. The molecule has 16 heavy (non-hydrogen) atoms. The largest absolute Gasteiger partial charge is 0.463 e. The number of ether oxygens (including phenoxy) is 1. The molecule has 84 valence electrons. The van der Waals surface area contributed by atoms with Crippen molar-refractivity contribution in [1.82, 2.24) is 0 Å². The van der Waals surface area contributed by atoms with Crippen LogP contribution in [-0.4, -0.2) is 12.6 Å². The Morgan fingerprint density at radius 2 is 2.12 bits per heavy atom. The van der Waals surface area contributed by atoms with E-state index in [2.05, 4.69) is 19.1 Å². The molecule has 0 N–H and O–H groups in total. The van der Waals surface area contributed by atoms with Crippen molar-refractivity contribution in [1.29, 1.82) is 0 Å². The van der Waals surface area contributed by atoms with Crippen LogP contribution < -0.4 is 0 Å². The van der Waals surface area contributed by atoms with E-state index in [1.165, 1.54) is 16.7 Å². The molecular weight excluding hydrogens is 200 g/mol. The third-order valence-electron chi connectivity index (χ3n) is 3.08. The Morgan fingerprint density at radius 3 is 2.75 bits per heavy atom. The third-order valence-corrected chi connectivity index (χ3v) is 3.08. The van der Waals surface area contributed by atoms with Gasteiger partial charge < -0.3 is 4.74 Å². The summed E-state index contributed by atoms with van der Waals surface area (Å²) in [6.07, 6.45) is 0.710. The fraction of sp³-hybridized carbons (Fsp3) is 0.357. The molecule has 0 fully saturated rings. The second-order valence-electron chi connectivity index (χ2n) is 4.11. The number of esters is 1. The topological polar surface area (TPSA) is 26.3 Å². The number of benzene rings is 1. The first kappa shape index (κ1) is 10.9. The van der Waals surface area contributed by atoms with Crippen LogP contribution in [0.1, 0.15) is 30.5 Å². The molecule has 0 bridgehead atoms. The van der Waals surface area contributed by atoms with Crippen molar-refractivity contribution >= 4 is 11.5 Å². The first-order chi connectivity index (χ1) is 7.65. The summed E-state index contributed by atoms with van der Waals surface area (Å²) in [4.78, 5) is 11.8. The lowest BCUT2D eigenvalue weighted by Crippen LogP contribution is -2.08. The van der Waals surface area contributed by atoms with Gasteiger partial charge in [-0.2, -0.15) is 0 Å². The summed E-state index contributed by atoms with van der Waals surface area (Å²) in [5, 5.41) is 0. The quantitative estimate of drug-likeness (QED) is 0.710. The molecule has 1 aromatic rings. The van der Waals surface area contributed by atoms with Gasteiger partial charge in [0.1, 0.15) is 0 Å². The van der Waals surface area contributed by atoms with Crippen molar-refractivity contribution in [2.24, 2.45) is 0 Å². The van der Waals surface area contributed by atoms with Crippen molar-refractivity contribution in [3.63, 3.8) is 0 Å². The second-order valence-corrected chi connectivity index (χ2v) is 4.11. The van der Waals surface area contributed by atoms with E-state index in [1.54, 1.807) is 0 Å². The highest BCUT2D eigenvalue weighted by molar-refractivity contribution is 6.01. The van der Waals surface area contributed by atoms with E-state index in [0.717, 1.165) is 11.1 Å². The zero-order valence-corrected chi connectivity index (χ0v) is 9.96. The van der Waals surface area contributed by atoms with Crippen LogP contribution in [0.2, 0.25) is 0 Å². The number of carbonyl (C=O) groups is 1. The van der Waals surface area contributed by atoms with Crippen molar-refractivity contribution < 1.29 is 9.53 Å². The van der Waals surface area contributed by atoms with Gasteiger partial charge in [0.05, 0.1) is 6.61 Å². The molecule has 0 saturated carbocycles. The number of aryl methyl sites for hydroxylation is 1. The molecule has 0 amide bonds. The van der Waals surface area contributed by atoms with Gasteiger partial charge in [-0.05, 0) is 43.0 Å². The van der Waals surface area contributed by atoms with E-state index in [-0.39, 0.29) is 5.97 Å². The molecule has 0 radical (unpaired) electrons. The third kappa shape index (κ3) is 1.64. The number of carbonyl (C=O) groups excluding carboxylic acids is 1. The highest BCUT2D eigenvalue weighted by atomic mass is 16.5. The van der Waals surface area contributed by atoms with Crippen LogP contribution in [0.5, 0.6) is 0 Å². The smallest absolute Gasteiger partial charge is 0.334 e. The number of allylic oxidation sites excluding steroid dienone is 1. The van der Waals surface area contributed by atoms with Gasteiger partial charge in [-0.1, -0.05) is 18.2 Å². The Labute approximate surface area is 95.9 Å². The molecule has 0 heterocycles. The highest BCUT2D eigenvalue weighted by Gasteiger charge is 2.25. The lowest BCUT2D eigenvalue weighted by molar-refractivity contribution is -0.138. The van der Waals surface area contributed by atoms with E-state index in [9.17, 15) is 4.79 Å². The molecule has 2 nitrogen and oxygen atoms in total. The molecule has 1 aliphatic rings. The first-order valence-electron chi connectivity index (χ1n) is 5.61. The summed E-state index contributed by atoms with van der Waals surface area (Å²) in [6.45, 7) is 6.35. The fourth-order valence-corrected chi connectivity index (χ4v) is 2.33. The lowest BCUT2D eigenvalue weighted by atomic mass is 10.0. The second kappa shape index (κ2) is 4.12. The van der Waals surface area contributed by atoms with E-state index in [4.69, 9.17) is 4.74 Å². The van der Waals surface area contributed by atoms with E-state index in [0.29, 0.717) is 13.0 Å². The zero-order chi connectivity index (χ0) is 11.7. The minimum Gasteiger partial charge on any atom is -0.463 e. The Kier molecular flexibility index (Phi) is 2.82. The van der Waals surface area contributed by atoms with Gasteiger partial charge in [0.2, 0.25) is 0 Å². The number of hydrogen-bond acceptors (Lipinski definition) is 2. The van der Waals surface area contributed by atoms with Crippen LogP contribution in [0.25, 0.3) is 5.57 Å². The molecule has 0 atom stereocenters. The molecular formula is C14H16O2. The number of rotatable bonds is 2. The van der Waals surface area contributed by atoms with Gasteiger partial charge >= 0.3 is 5.97 Å². The Balaban J connectivity index is 2.41. The van der Waals surface area contributed by atoms with Crippen molar-refractivity contribution in [3.05, 3.63) is 40.5 Å². The first-order valence-corrected chi connectivity index (χ1v) is 5.61. The van der Waals surface area contributed by atoms with Crippen molar-refractivity contribution in [3.8, 4) is 0 Å². The molecule has 0 spiro atoms. The maximum absolute atomic E-state index is 11.8. The molecule has 1 aromatic carbocycles. The Bertz CT molecular complexity index is 470. The Morgan fingerprint density at radius 1 is 1.38 bits per heavy atom. The van der Waals surface area contributed by atoms with Crippen LogP contribution in [0.15, 0.2) is 23.8 Å². The number of hydrogen-bond donors (Lipinski definition) is 0. The predicted octanol–water partition coefficient (Wildman–Crippen LogP) is 2.89. The summed E-state index contributed by atoms with van der Waals surface area (Å²) in [7, 11) is 0. The minimum absolute atomic E-state index is 0.171. The maximum Gasteiger partial charge on any atom is 0.334 e. The van der Waals surface area contributed by atoms with Gasteiger partial charge in [0.25, 0.3) is 0 Å². The van der Waals surface area contributed by atoms with Crippen molar-refractivity contribution in [2.75, 3.05) is 6.61 Å². The average Bonchev–Trinajstić information content (AvgIpc) is 2.58. The molecule has 2 rings (SSSR count). The van der Waals surface area contributed by atoms with Gasteiger partial charge in [-0.3, -0.25) is 0 Å². The van der Waals surface area contributed by atoms with Gasteiger partial charge in [0.15, 0.2) is 0 Å². The summed E-state index contributed by atoms with van der Waals surface area (Å²) in [5.74, 6) is -0.171. The summed E-state index contributed by atoms with van der Waals surface area (Å²) >= 11 is 0. The Hall–Kier alpha value is -1.57. The van der Waals surface area contributed by atoms with Crippen molar-refractivity contribution in [2.45, 2.75) is 27.2 Å². The van der Waals surface area contributed by atoms with Crippen LogP contribution in [0.3, 0.4) is 0 Å². The summed E-state index contributed by atoms with van der Waals surface area (Å²) < 4.78 is 5.07. The molecule has 0 saturated heterocycles. The maximum atomic E-state index is 11.8. The lowest BCUT2D eigenvalue weighted by Gasteiger charge is -2.04. The zero-order valence-electron chi connectivity index (χ0n) is 9.96. The van der Waals surface area contributed by atoms with Gasteiger partial charge in [-0.25, -0.2) is 4.79 Å². The van der Waals surface area contributed by atoms with Crippen LogP contribution in [0, 0.1) is 6.92 Å². The van der Waals surface area contributed by atoms with Crippen LogP contribution in [0.4, 0.5) is 0 Å².